The van der Waals surface area contributed by atoms with E-state index in [1.165, 1.54) is 0 Å². The number of amides is 2. The van der Waals surface area contributed by atoms with Gasteiger partial charge in [-0.15, -0.1) is 0 Å². The molecule has 1 aliphatic rings. The summed E-state index contributed by atoms with van der Waals surface area (Å²) in [4.78, 5) is 26.4. The Kier molecular flexibility index (Phi) is 5.08. The largest absolute Gasteiger partial charge is 0.497 e. The van der Waals surface area contributed by atoms with Crippen LogP contribution in [0, 0.1) is 6.92 Å². The van der Waals surface area contributed by atoms with Gasteiger partial charge in [0, 0.05) is 29.9 Å². The van der Waals surface area contributed by atoms with Crippen molar-refractivity contribution < 1.29 is 18.7 Å². The molecule has 1 N–H and O–H groups in total. The zero-order valence-corrected chi connectivity index (χ0v) is 16.4. The third-order valence-corrected chi connectivity index (χ3v) is 5.00. The maximum atomic E-state index is 12.6. The second kappa shape index (κ2) is 7.83. The lowest BCUT2D eigenvalue weighted by Gasteiger charge is -2.19. The lowest BCUT2D eigenvalue weighted by molar-refractivity contribution is -0.117. The van der Waals surface area contributed by atoms with Crippen LogP contribution in [0.3, 0.4) is 0 Å². The van der Waals surface area contributed by atoms with E-state index in [-0.39, 0.29) is 17.6 Å². The zero-order valence-electron chi connectivity index (χ0n) is 16.4. The summed E-state index contributed by atoms with van der Waals surface area (Å²) in [7, 11) is 1.60. The molecule has 6 heteroatoms. The highest BCUT2D eigenvalue weighted by atomic mass is 16.5. The average molecular weight is 390 g/mol. The highest BCUT2D eigenvalue weighted by Crippen LogP contribution is 2.29. The number of nitrogens with zero attached hydrogens (tertiary/aromatic N) is 1. The van der Waals surface area contributed by atoms with E-state index in [0.29, 0.717) is 17.9 Å². The SMILES string of the molecule is COc1cccc(-c2ccc(C(=O)Nc3ccc(N4CCCC4=O)c(C)c3)o2)c1. The van der Waals surface area contributed by atoms with Gasteiger partial charge < -0.3 is 19.4 Å². The maximum Gasteiger partial charge on any atom is 0.291 e. The minimum atomic E-state index is -0.330. The van der Waals surface area contributed by atoms with Crippen LogP contribution < -0.4 is 15.0 Å². The summed E-state index contributed by atoms with van der Waals surface area (Å²) >= 11 is 0. The number of rotatable bonds is 5. The van der Waals surface area contributed by atoms with Gasteiger partial charge in [-0.25, -0.2) is 0 Å². The van der Waals surface area contributed by atoms with Crippen LogP contribution in [0.15, 0.2) is 59.0 Å². The molecule has 0 unspecified atom stereocenters. The maximum absolute atomic E-state index is 12.6. The molecule has 0 atom stereocenters. The first-order valence-corrected chi connectivity index (χ1v) is 9.52. The number of methoxy groups -OCH3 is 1. The van der Waals surface area contributed by atoms with Gasteiger partial charge in [-0.3, -0.25) is 9.59 Å². The number of hydrogen-bond donors (Lipinski definition) is 1. The first-order chi connectivity index (χ1) is 14.0. The van der Waals surface area contributed by atoms with Gasteiger partial charge >= 0.3 is 0 Å². The normalized spacial score (nSPS) is 13.6. The highest BCUT2D eigenvalue weighted by molar-refractivity contribution is 6.03. The molecule has 1 fully saturated rings. The number of aryl methyl sites for hydroxylation is 1. The molecule has 2 heterocycles. The standard InChI is InChI=1S/C23H22N2O4/c1-15-13-17(8-9-19(15)25-12-4-7-22(25)26)24-23(27)21-11-10-20(29-21)16-5-3-6-18(14-16)28-2/h3,5-6,8-11,13-14H,4,7,12H2,1-2H3,(H,24,27). The van der Waals surface area contributed by atoms with Crippen molar-refractivity contribution in [3.05, 3.63) is 65.9 Å². The Bertz CT molecular complexity index is 1070. The van der Waals surface area contributed by atoms with E-state index in [9.17, 15) is 9.59 Å². The van der Waals surface area contributed by atoms with Crippen molar-refractivity contribution in [2.75, 3.05) is 23.9 Å². The molecule has 29 heavy (non-hydrogen) atoms. The number of furan rings is 1. The van der Waals surface area contributed by atoms with Gasteiger partial charge in [0.2, 0.25) is 5.91 Å². The van der Waals surface area contributed by atoms with Crippen molar-refractivity contribution in [1.82, 2.24) is 0 Å². The van der Waals surface area contributed by atoms with Gasteiger partial charge in [-0.1, -0.05) is 12.1 Å². The summed E-state index contributed by atoms with van der Waals surface area (Å²) < 4.78 is 11.0. The molecule has 1 aromatic heterocycles. The molecular weight excluding hydrogens is 368 g/mol. The quantitative estimate of drug-likeness (QED) is 0.689. The van der Waals surface area contributed by atoms with E-state index in [4.69, 9.17) is 9.15 Å². The van der Waals surface area contributed by atoms with Crippen LogP contribution in [-0.4, -0.2) is 25.5 Å². The topological polar surface area (TPSA) is 71.8 Å². The van der Waals surface area contributed by atoms with Crippen molar-refractivity contribution in [1.29, 1.82) is 0 Å². The molecule has 1 saturated heterocycles. The number of benzene rings is 2. The minimum Gasteiger partial charge on any atom is -0.497 e. The molecule has 4 rings (SSSR count). The van der Waals surface area contributed by atoms with Gasteiger partial charge in [0.25, 0.3) is 5.91 Å². The first-order valence-electron chi connectivity index (χ1n) is 9.52. The first kappa shape index (κ1) is 18.8. The van der Waals surface area contributed by atoms with Crippen molar-refractivity contribution in [3.63, 3.8) is 0 Å². The molecule has 0 spiro atoms. The molecule has 148 valence electrons. The smallest absolute Gasteiger partial charge is 0.291 e. The third kappa shape index (κ3) is 3.87. The molecule has 0 bridgehead atoms. The van der Waals surface area contributed by atoms with Crippen LogP contribution in [0.2, 0.25) is 0 Å². The lowest BCUT2D eigenvalue weighted by atomic mass is 10.1. The zero-order chi connectivity index (χ0) is 20.4. The molecule has 0 aliphatic carbocycles. The van der Waals surface area contributed by atoms with Crippen LogP contribution >= 0.6 is 0 Å². The predicted molar refractivity (Wildman–Crippen MR) is 111 cm³/mol. The van der Waals surface area contributed by atoms with Crippen LogP contribution in [-0.2, 0) is 4.79 Å². The van der Waals surface area contributed by atoms with Crippen molar-refractivity contribution in [3.8, 4) is 17.1 Å². The van der Waals surface area contributed by atoms with Crippen LogP contribution in [0.5, 0.6) is 5.75 Å². The van der Waals surface area contributed by atoms with Gasteiger partial charge in [-0.2, -0.15) is 0 Å². The molecule has 2 amide bonds. The molecule has 0 saturated carbocycles. The number of nitrogens with one attached hydrogen (secondary N) is 1. The van der Waals surface area contributed by atoms with E-state index in [2.05, 4.69) is 5.32 Å². The van der Waals surface area contributed by atoms with E-state index in [1.54, 1.807) is 30.2 Å². The Morgan fingerprint density at radius 2 is 2.00 bits per heavy atom. The number of hydrogen-bond acceptors (Lipinski definition) is 4. The van der Waals surface area contributed by atoms with Crippen LogP contribution in [0.4, 0.5) is 11.4 Å². The molecule has 3 aromatic rings. The third-order valence-electron chi connectivity index (χ3n) is 5.00. The van der Waals surface area contributed by atoms with Crippen molar-refractivity contribution >= 4 is 23.2 Å². The fraction of sp³-hybridized carbons (Fsp3) is 0.217. The molecule has 2 aromatic carbocycles. The molecule has 6 nitrogen and oxygen atoms in total. The summed E-state index contributed by atoms with van der Waals surface area (Å²) in [5.74, 6) is 1.35. The van der Waals surface area contributed by atoms with Crippen molar-refractivity contribution in [2.45, 2.75) is 19.8 Å². The second-order valence-corrected chi connectivity index (χ2v) is 7.00. The molecular formula is C23H22N2O4. The van der Waals surface area contributed by atoms with E-state index < -0.39 is 0 Å². The average Bonchev–Trinajstić information content (AvgIpc) is 3.38. The van der Waals surface area contributed by atoms with E-state index in [0.717, 1.165) is 35.5 Å². The fourth-order valence-corrected chi connectivity index (χ4v) is 3.52. The Balaban J connectivity index is 1.49. The van der Waals surface area contributed by atoms with Gasteiger partial charge in [0.05, 0.1) is 7.11 Å². The molecule has 0 radical (unpaired) electrons. The van der Waals surface area contributed by atoms with Gasteiger partial charge in [0.1, 0.15) is 11.5 Å². The summed E-state index contributed by atoms with van der Waals surface area (Å²) in [5.41, 5.74) is 3.32. The molecule has 1 aliphatic heterocycles. The number of carbonyl (C=O) groups excluding carboxylic acids is 2. The summed E-state index contributed by atoms with van der Waals surface area (Å²) in [6.45, 7) is 2.68. The Morgan fingerprint density at radius 1 is 1.14 bits per heavy atom. The Hall–Kier alpha value is -3.54. The van der Waals surface area contributed by atoms with Gasteiger partial charge in [0.15, 0.2) is 5.76 Å². The van der Waals surface area contributed by atoms with E-state index >= 15 is 0 Å². The lowest BCUT2D eigenvalue weighted by Crippen LogP contribution is -2.24. The monoisotopic (exact) mass is 390 g/mol. The van der Waals surface area contributed by atoms with Crippen LogP contribution in [0.1, 0.15) is 29.0 Å². The van der Waals surface area contributed by atoms with Crippen molar-refractivity contribution in [2.24, 2.45) is 0 Å². The minimum absolute atomic E-state index is 0.144. The second-order valence-electron chi connectivity index (χ2n) is 7.00. The number of anilines is 2. The number of carbonyl (C=O) groups is 2. The highest BCUT2D eigenvalue weighted by Gasteiger charge is 2.23. The predicted octanol–water partition coefficient (Wildman–Crippen LogP) is 4.64. The Morgan fingerprint density at radius 3 is 2.72 bits per heavy atom. The van der Waals surface area contributed by atoms with E-state index in [1.807, 2.05) is 43.3 Å². The summed E-state index contributed by atoms with van der Waals surface area (Å²) in [6, 6.07) is 16.4. The summed E-state index contributed by atoms with van der Waals surface area (Å²) in [6.07, 6.45) is 1.47. The summed E-state index contributed by atoms with van der Waals surface area (Å²) in [5, 5.41) is 2.85. The Labute approximate surface area is 169 Å². The fourth-order valence-electron chi connectivity index (χ4n) is 3.52. The van der Waals surface area contributed by atoms with Gasteiger partial charge in [-0.05, 0) is 61.4 Å². The van der Waals surface area contributed by atoms with Crippen LogP contribution in [0.25, 0.3) is 11.3 Å². The number of ether oxygens (including phenoxy) is 1.